The third kappa shape index (κ3) is 4.54. The summed E-state index contributed by atoms with van der Waals surface area (Å²) >= 11 is 0. The van der Waals surface area contributed by atoms with E-state index in [1.54, 1.807) is 24.7 Å². The fourth-order valence-electron chi connectivity index (χ4n) is 1.58. The number of aromatic nitrogens is 3. The van der Waals surface area contributed by atoms with E-state index in [1.807, 2.05) is 12.1 Å². The van der Waals surface area contributed by atoms with Gasteiger partial charge in [-0.3, -0.25) is 4.98 Å². The normalized spacial score (nSPS) is 10.2. The molecule has 19 heavy (non-hydrogen) atoms. The Labute approximate surface area is 113 Å². The molecular weight excluding hydrogens is 240 g/mol. The maximum Gasteiger partial charge on any atom is 0.225 e. The highest BCUT2D eigenvalue weighted by Gasteiger charge is 1.99. The van der Waals surface area contributed by atoms with Gasteiger partial charge in [0.05, 0.1) is 6.61 Å². The summed E-state index contributed by atoms with van der Waals surface area (Å²) in [6.07, 6.45) is 7.17. The third-order valence-electron chi connectivity index (χ3n) is 2.53. The van der Waals surface area contributed by atoms with E-state index >= 15 is 0 Å². The summed E-state index contributed by atoms with van der Waals surface area (Å²) in [5.74, 6) is 1.21. The van der Waals surface area contributed by atoms with E-state index in [-0.39, 0.29) is 0 Å². The highest BCUT2D eigenvalue weighted by Crippen LogP contribution is 2.08. The minimum atomic E-state index is 0.600. The summed E-state index contributed by atoms with van der Waals surface area (Å²) in [5.41, 5.74) is 1.24. The molecule has 0 fully saturated rings. The molecule has 0 unspecified atom stereocenters. The van der Waals surface area contributed by atoms with Crippen LogP contribution in [0.25, 0.3) is 0 Å². The molecule has 5 nitrogen and oxygen atoms in total. The summed E-state index contributed by atoms with van der Waals surface area (Å²) in [6, 6.07) is 5.77. The number of ether oxygens (including phenoxy) is 1. The van der Waals surface area contributed by atoms with E-state index in [1.165, 1.54) is 5.56 Å². The van der Waals surface area contributed by atoms with Gasteiger partial charge in [-0.25, -0.2) is 4.98 Å². The van der Waals surface area contributed by atoms with Crippen molar-refractivity contribution in [2.75, 3.05) is 18.5 Å². The van der Waals surface area contributed by atoms with Crippen LogP contribution in [0.5, 0.6) is 5.88 Å². The van der Waals surface area contributed by atoms with Crippen molar-refractivity contribution in [3.8, 4) is 5.88 Å². The van der Waals surface area contributed by atoms with Gasteiger partial charge in [-0.1, -0.05) is 6.92 Å². The lowest BCUT2D eigenvalue weighted by atomic mass is 10.2. The van der Waals surface area contributed by atoms with E-state index in [0.717, 1.165) is 19.4 Å². The minimum absolute atomic E-state index is 0.600. The highest BCUT2D eigenvalue weighted by molar-refractivity contribution is 5.27. The van der Waals surface area contributed by atoms with Crippen molar-refractivity contribution in [3.63, 3.8) is 0 Å². The van der Waals surface area contributed by atoms with Gasteiger partial charge in [-0.2, -0.15) is 4.98 Å². The minimum Gasteiger partial charge on any atom is -0.478 e. The number of hydrogen-bond acceptors (Lipinski definition) is 5. The summed E-state index contributed by atoms with van der Waals surface area (Å²) < 4.78 is 5.46. The molecule has 100 valence electrons. The van der Waals surface area contributed by atoms with Gasteiger partial charge in [0, 0.05) is 31.2 Å². The Hall–Kier alpha value is -2.17. The Bertz CT molecular complexity index is 490. The Morgan fingerprint density at radius 1 is 1.16 bits per heavy atom. The van der Waals surface area contributed by atoms with Crippen molar-refractivity contribution < 1.29 is 4.74 Å². The lowest BCUT2D eigenvalue weighted by Crippen LogP contribution is -2.08. The third-order valence-corrected chi connectivity index (χ3v) is 2.53. The molecule has 0 aliphatic heterocycles. The summed E-state index contributed by atoms with van der Waals surface area (Å²) in [4.78, 5) is 12.4. The van der Waals surface area contributed by atoms with Crippen LogP contribution in [0.2, 0.25) is 0 Å². The molecule has 0 saturated heterocycles. The van der Waals surface area contributed by atoms with Crippen molar-refractivity contribution in [2.24, 2.45) is 0 Å². The number of anilines is 1. The Morgan fingerprint density at radius 3 is 2.79 bits per heavy atom. The second-order valence-electron chi connectivity index (χ2n) is 4.10. The molecule has 5 heteroatoms. The Balaban J connectivity index is 1.82. The molecule has 0 radical (unpaired) electrons. The molecule has 0 aliphatic rings. The SMILES string of the molecule is CCCOc1ccnc(NCCc2ccncc2)n1. The zero-order valence-corrected chi connectivity index (χ0v) is 11.0. The first kappa shape index (κ1) is 13.3. The molecule has 2 aromatic rings. The zero-order valence-electron chi connectivity index (χ0n) is 11.0. The monoisotopic (exact) mass is 258 g/mol. The lowest BCUT2D eigenvalue weighted by molar-refractivity contribution is 0.305. The second-order valence-corrected chi connectivity index (χ2v) is 4.10. The van der Waals surface area contributed by atoms with Crippen LogP contribution in [0.3, 0.4) is 0 Å². The number of nitrogens with one attached hydrogen (secondary N) is 1. The maximum atomic E-state index is 5.46. The second kappa shape index (κ2) is 7.31. The number of hydrogen-bond donors (Lipinski definition) is 1. The molecule has 0 atom stereocenters. The van der Waals surface area contributed by atoms with E-state index in [9.17, 15) is 0 Å². The van der Waals surface area contributed by atoms with Crippen LogP contribution in [0.1, 0.15) is 18.9 Å². The van der Waals surface area contributed by atoms with Gasteiger partial charge in [0.1, 0.15) is 0 Å². The fourth-order valence-corrected chi connectivity index (χ4v) is 1.58. The van der Waals surface area contributed by atoms with Crippen molar-refractivity contribution in [1.82, 2.24) is 15.0 Å². The molecule has 0 saturated carbocycles. The predicted molar refractivity (Wildman–Crippen MR) is 74.2 cm³/mol. The maximum absolute atomic E-state index is 5.46. The molecule has 1 N–H and O–H groups in total. The van der Waals surface area contributed by atoms with Crippen LogP contribution < -0.4 is 10.1 Å². The number of nitrogens with zero attached hydrogens (tertiary/aromatic N) is 3. The molecule has 0 amide bonds. The van der Waals surface area contributed by atoms with Gasteiger partial charge in [0.25, 0.3) is 0 Å². The summed E-state index contributed by atoms with van der Waals surface area (Å²) in [5, 5.41) is 3.19. The average molecular weight is 258 g/mol. The topological polar surface area (TPSA) is 59.9 Å². The van der Waals surface area contributed by atoms with Crippen LogP contribution in [-0.4, -0.2) is 28.1 Å². The molecule has 0 aliphatic carbocycles. The zero-order chi connectivity index (χ0) is 13.3. The van der Waals surface area contributed by atoms with Gasteiger partial charge in [-0.05, 0) is 30.5 Å². The molecule has 2 rings (SSSR count). The number of pyridine rings is 1. The van der Waals surface area contributed by atoms with Gasteiger partial charge < -0.3 is 10.1 Å². The van der Waals surface area contributed by atoms with Crippen LogP contribution >= 0.6 is 0 Å². The molecular formula is C14H18N4O. The molecule has 2 heterocycles. The van der Waals surface area contributed by atoms with Crippen molar-refractivity contribution in [3.05, 3.63) is 42.4 Å². The predicted octanol–water partition coefficient (Wildman–Crippen LogP) is 2.32. The van der Waals surface area contributed by atoms with Gasteiger partial charge in [-0.15, -0.1) is 0 Å². The van der Waals surface area contributed by atoms with Crippen LogP contribution in [0.4, 0.5) is 5.95 Å². The van der Waals surface area contributed by atoms with Gasteiger partial charge >= 0.3 is 0 Å². The van der Waals surface area contributed by atoms with E-state index in [4.69, 9.17) is 4.74 Å². The first-order chi connectivity index (χ1) is 9.38. The Kier molecular flexibility index (Phi) is 5.10. The highest BCUT2D eigenvalue weighted by atomic mass is 16.5. The van der Waals surface area contributed by atoms with Crippen LogP contribution in [0, 0.1) is 0 Å². The van der Waals surface area contributed by atoms with Gasteiger partial charge in [0.2, 0.25) is 11.8 Å². The molecule has 0 bridgehead atoms. The molecule has 0 aromatic carbocycles. The fraction of sp³-hybridized carbons (Fsp3) is 0.357. The summed E-state index contributed by atoms with van der Waals surface area (Å²) in [6.45, 7) is 3.52. The number of rotatable bonds is 7. The largest absolute Gasteiger partial charge is 0.478 e. The van der Waals surface area contributed by atoms with Crippen molar-refractivity contribution in [1.29, 1.82) is 0 Å². The lowest BCUT2D eigenvalue weighted by Gasteiger charge is -2.07. The first-order valence-corrected chi connectivity index (χ1v) is 6.47. The van der Waals surface area contributed by atoms with Gasteiger partial charge in [0.15, 0.2) is 0 Å². The molecule has 0 spiro atoms. The van der Waals surface area contributed by atoms with E-state index in [2.05, 4.69) is 27.2 Å². The van der Waals surface area contributed by atoms with Crippen LogP contribution in [0.15, 0.2) is 36.8 Å². The van der Waals surface area contributed by atoms with E-state index in [0.29, 0.717) is 18.4 Å². The summed E-state index contributed by atoms with van der Waals surface area (Å²) in [7, 11) is 0. The Morgan fingerprint density at radius 2 is 2.00 bits per heavy atom. The smallest absolute Gasteiger partial charge is 0.225 e. The van der Waals surface area contributed by atoms with Crippen LogP contribution in [-0.2, 0) is 6.42 Å². The standard InChI is InChI=1S/C14H18N4O/c1-2-11-19-13-6-10-17-14(18-13)16-9-5-12-3-7-15-8-4-12/h3-4,6-8,10H,2,5,9,11H2,1H3,(H,16,17,18). The van der Waals surface area contributed by atoms with Crippen molar-refractivity contribution >= 4 is 5.95 Å². The van der Waals surface area contributed by atoms with E-state index < -0.39 is 0 Å². The first-order valence-electron chi connectivity index (χ1n) is 6.47. The average Bonchev–Trinajstić information content (AvgIpc) is 2.47. The molecule has 2 aromatic heterocycles. The van der Waals surface area contributed by atoms with Crippen molar-refractivity contribution in [2.45, 2.75) is 19.8 Å². The quantitative estimate of drug-likeness (QED) is 0.825.